The molecule has 1 aromatic carbocycles. The Morgan fingerprint density at radius 1 is 1.18 bits per heavy atom. The van der Waals surface area contributed by atoms with Gasteiger partial charge in [-0.3, -0.25) is 4.99 Å². The van der Waals surface area contributed by atoms with Gasteiger partial charge < -0.3 is 15.1 Å². The van der Waals surface area contributed by atoms with Crippen LogP contribution in [0.3, 0.4) is 0 Å². The van der Waals surface area contributed by atoms with Crippen molar-refractivity contribution in [2.75, 3.05) is 13.6 Å². The van der Waals surface area contributed by atoms with E-state index in [1.807, 2.05) is 30.3 Å². The third-order valence-electron chi connectivity index (χ3n) is 3.71. The molecule has 3 rings (SSSR count). The summed E-state index contributed by atoms with van der Waals surface area (Å²) in [7, 11) is 1.61. The largest absolute Gasteiger partial charge is 0.444 e. The van der Waals surface area contributed by atoms with Crippen molar-refractivity contribution in [3.8, 4) is 11.5 Å². The van der Waals surface area contributed by atoms with Crippen molar-refractivity contribution in [3.63, 3.8) is 0 Å². The lowest BCUT2D eigenvalue weighted by Gasteiger charge is -2.10. The molecule has 0 saturated heterocycles. The average molecular weight is 409 g/mol. The van der Waals surface area contributed by atoms with Crippen LogP contribution >= 0.6 is 11.3 Å². The predicted molar refractivity (Wildman–Crippen MR) is 101 cm³/mol. The SMILES string of the molecule is CN=C(NCCc1nc(C(F)(F)F)cs1)NCc1coc(-c2ccccc2)n1. The topological polar surface area (TPSA) is 75.3 Å². The zero-order valence-electron chi connectivity index (χ0n) is 15.0. The molecule has 0 spiro atoms. The van der Waals surface area contributed by atoms with Crippen molar-refractivity contribution in [1.82, 2.24) is 20.6 Å². The Hall–Kier alpha value is -2.88. The van der Waals surface area contributed by atoms with Crippen LogP contribution in [0.25, 0.3) is 11.5 Å². The second-order valence-corrected chi connectivity index (χ2v) is 6.68. The molecule has 3 aromatic rings. The molecule has 2 aromatic heterocycles. The number of guanidine groups is 1. The molecule has 0 aliphatic heterocycles. The lowest BCUT2D eigenvalue weighted by Crippen LogP contribution is -2.37. The molecule has 6 nitrogen and oxygen atoms in total. The highest BCUT2D eigenvalue weighted by Crippen LogP contribution is 2.30. The summed E-state index contributed by atoms with van der Waals surface area (Å²) in [6.45, 7) is 0.796. The average Bonchev–Trinajstić information content (AvgIpc) is 3.34. The number of oxazole rings is 1. The second kappa shape index (κ2) is 8.87. The number of hydrogen-bond donors (Lipinski definition) is 2. The van der Waals surface area contributed by atoms with E-state index in [9.17, 15) is 13.2 Å². The molecular formula is C18H18F3N5OS. The summed E-state index contributed by atoms with van der Waals surface area (Å²) in [6, 6.07) is 9.55. The van der Waals surface area contributed by atoms with Crippen LogP contribution < -0.4 is 10.6 Å². The molecule has 0 aliphatic carbocycles. The second-order valence-electron chi connectivity index (χ2n) is 5.74. The Kier molecular flexibility index (Phi) is 6.30. The Bertz CT molecular complexity index is 921. The molecule has 0 amide bonds. The summed E-state index contributed by atoms with van der Waals surface area (Å²) in [6.07, 6.45) is -2.48. The molecular weight excluding hydrogens is 391 g/mol. The summed E-state index contributed by atoms with van der Waals surface area (Å²) >= 11 is 0.993. The summed E-state index contributed by atoms with van der Waals surface area (Å²) < 4.78 is 43.2. The van der Waals surface area contributed by atoms with Gasteiger partial charge in [0.05, 0.1) is 17.2 Å². The molecule has 0 aliphatic rings. The molecule has 10 heteroatoms. The quantitative estimate of drug-likeness (QED) is 0.479. The highest BCUT2D eigenvalue weighted by Gasteiger charge is 2.33. The van der Waals surface area contributed by atoms with Crippen LogP contribution in [0.15, 0.2) is 51.4 Å². The van der Waals surface area contributed by atoms with Gasteiger partial charge in [0.25, 0.3) is 0 Å². The van der Waals surface area contributed by atoms with Crippen LogP contribution in [0.4, 0.5) is 13.2 Å². The van der Waals surface area contributed by atoms with Gasteiger partial charge >= 0.3 is 6.18 Å². The van der Waals surface area contributed by atoms with Crippen molar-refractivity contribution in [2.24, 2.45) is 4.99 Å². The van der Waals surface area contributed by atoms with E-state index >= 15 is 0 Å². The summed E-state index contributed by atoms with van der Waals surface area (Å²) in [5, 5.41) is 7.57. The van der Waals surface area contributed by atoms with Gasteiger partial charge in [-0.25, -0.2) is 9.97 Å². The molecule has 28 heavy (non-hydrogen) atoms. The zero-order valence-corrected chi connectivity index (χ0v) is 15.8. The van der Waals surface area contributed by atoms with Gasteiger partial charge in [0.2, 0.25) is 5.89 Å². The highest BCUT2D eigenvalue weighted by atomic mass is 32.1. The number of rotatable bonds is 6. The predicted octanol–water partition coefficient (Wildman–Crippen LogP) is 3.72. The van der Waals surface area contributed by atoms with Gasteiger partial charge in [-0.2, -0.15) is 13.2 Å². The van der Waals surface area contributed by atoms with E-state index in [4.69, 9.17) is 4.42 Å². The fourth-order valence-electron chi connectivity index (χ4n) is 2.34. The Morgan fingerprint density at radius 2 is 1.96 bits per heavy atom. The minimum atomic E-state index is -4.41. The van der Waals surface area contributed by atoms with E-state index in [2.05, 4.69) is 25.6 Å². The van der Waals surface area contributed by atoms with Crippen LogP contribution in [0, 0.1) is 0 Å². The number of nitrogens with zero attached hydrogens (tertiary/aromatic N) is 3. The maximum Gasteiger partial charge on any atom is 0.434 e. The van der Waals surface area contributed by atoms with Crippen LogP contribution in [0.1, 0.15) is 16.4 Å². The Labute approximate surface area is 163 Å². The standard InChI is InChI=1S/C18H18F3N5OS/c1-22-17(23-8-7-15-26-14(11-28-15)18(19,20)21)24-9-13-10-27-16(25-13)12-5-3-2-4-6-12/h2-6,10-11H,7-9H2,1H3,(H2,22,23,24). The molecule has 2 N–H and O–H groups in total. The van der Waals surface area contributed by atoms with E-state index in [-0.39, 0.29) is 0 Å². The van der Waals surface area contributed by atoms with Crippen LogP contribution in [-0.2, 0) is 19.1 Å². The van der Waals surface area contributed by atoms with Crippen molar-refractivity contribution in [3.05, 3.63) is 58.4 Å². The lowest BCUT2D eigenvalue weighted by molar-refractivity contribution is -0.140. The first-order valence-electron chi connectivity index (χ1n) is 8.41. The van der Waals surface area contributed by atoms with Gasteiger partial charge in [-0.1, -0.05) is 18.2 Å². The Morgan fingerprint density at radius 3 is 2.64 bits per heavy atom. The monoisotopic (exact) mass is 409 g/mol. The van der Waals surface area contributed by atoms with Crippen molar-refractivity contribution in [1.29, 1.82) is 0 Å². The third-order valence-corrected chi connectivity index (χ3v) is 4.62. The molecule has 0 bridgehead atoms. The number of halogens is 3. The first kappa shape index (κ1) is 19.9. The molecule has 0 radical (unpaired) electrons. The number of aliphatic imine (C=N–C) groups is 1. The number of hydrogen-bond acceptors (Lipinski definition) is 5. The summed E-state index contributed by atoms with van der Waals surface area (Å²) in [5.74, 6) is 1.04. The number of aromatic nitrogens is 2. The van der Waals surface area contributed by atoms with Gasteiger partial charge in [-0.05, 0) is 12.1 Å². The van der Waals surface area contributed by atoms with Gasteiger partial charge in [-0.15, -0.1) is 11.3 Å². The smallest absolute Gasteiger partial charge is 0.434 e. The van der Waals surface area contributed by atoms with Gasteiger partial charge in [0, 0.05) is 31.0 Å². The number of nitrogens with one attached hydrogen (secondary N) is 2. The molecule has 2 heterocycles. The molecule has 0 fully saturated rings. The van der Waals surface area contributed by atoms with E-state index in [0.717, 1.165) is 22.3 Å². The molecule has 148 valence electrons. The minimum absolute atomic E-state index is 0.365. The van der Waals surface area contributed by atoms with Crippen LogP contribution in [-0.4, -0.2) is 29.5 Å². The van der Waals surface area contributed by atoms with E-state index in [0.29, 0.717) is 42.1 Å². The maximum absolute atomic E-state index is 12.6. The molecule has 0 unspecified atom stereocenters. The minimum Gasteiger partial charge on any atom is -0.444 e. The normalized spacial score (nSPS) is 12.2. The van der Waals surface area contributed by atoms with Crippen molar-refractivity contribution >= 4 is 17.3 Å². The zero-order chi connectivity index (χ0) is 20.0. The number of benzene rings is 1. The number of thiazole rings is 1. The van der Waals surface area contributed by atoms with Gasteiger partial charge in [0.1, 0.15) is 6.26 Å². The van der Waals surface area contributed by atoms with Crippen LogP contribution in [0.2, 0.25) is 0 Å². The molecule has 0 saturated carbocycles. The van der Waals surface area contributed by atoms with E-state index < -0.39 is 11.9 Å². The summed E-state index contributed by atoms with van der Waals surface area (Å²) in [5.41, 5.74) is 0.740. The van der Waals surface area contributed by atoms with E-state index in [1.54, 1.807) is 13.3 Å². The first-order valence-corrected chi connectivity index (χ1v) is 9.29. The third kappa shape index (κ3) is 5.32. The van der Waals surface area contributed by atoms with Crippen molar-refractivity contribution in [2.45, 2.75) is 19.1 Å². The maximum atomic E-state index is 12.6. The molecule has 0 atom stereocenters. The van der Waals surface area contributed by atoms with Gasteiger partial charge in [0.15, 0.2) is 11.7 Å². The number of alkyl halides is 3. The Balaban J connectivity index is 1.46. The van der Waals surface area contributed by atoms with E-state index in [1.165, 1.54) is 0 Å². The first-order chi connectivity index (χ1) is 13.5. The fraction of sp³-hybridized carbons (Fsp3) is 0.278. The highest BCUT2D eigenvalue weighted by molar-refractivity contribution is 7.09. The summed E-state index contributed by atoms with van der Waals surface area (Å²) in [4.78, 5) is 12.1. The van der Waals surface area contributed by atoms with Crippen LogP contribution in [0.5, 0.6) is 0 Å². The van der Waals surface area contributed by atoms with Crippen molar-refractivity contribution < 1.29 is 17.6 Å². The fourth-order valence-corrected chi connectivity index (χ4v) is 3.15. The lowest BCUT2D eigenvalue weighted by atomic mass is 10.2.